The molecule has 0 N–H and O–H groups in total. The Hall–Kier alpha value is -2.73. The van der Waals surface area contributed by atoms with E-state index in [9.17, 15) is 14.9 Å². The van der Waals surface area contributed by atoms with Gasteiger partial charge in [0, 0.05) is 17.2 Å². The fourth-order valence-electron chi connectivity index (χ4n) is 2.18. The van der Waals surface area contributed by atoms with Gasteiger partial charge in [0.05, 0.1) is 28.7 Å². The molecule has 6 nitrogen and oxygen atoms in total. The maximum atomic E-state index is 12.5. The van der Waals surface area contributed by atoms with Crippen LogP contribution < -0.4 is 5.56 Å². The molecular weight excluding hydrogens is 306 g/mol. The number of non-ortho nitro benzene ring substituents is 1. The molecule has 3 aromatic rings. The summed E-state index contributed by atoms with van der Waals surface area (Å²) in [7, 11) is 0. The number of benzene rings is 2. The van der Waals surface area contributed by atoms with E-state index in [1.54, 1.807) is 12.1 Å². The molecule has 0 fully saturated rings. The fraction of sp³-hybridized carbons (Fsp3) is 0.0667. The second-order valence-corrected chi connectivity index (χ2v) is 5.13. The lowest BCUT2D eigenvalue weighted by Gasteiger charge is -2.08. The van der Waals surface area contributed by atoms with E-state index in [1.807, 2.05) is 12.1 Å². The molecule has 0 bridgehead atoms. The van der Waals surface area contributed by atoms with Crippen LogP contribution in [0.3, 0.4) is 0 Å². The first kappa shape index (κ1) is 14.2. The smallest absolute Gasteiger partial charge is 0.270 e. The molecule has 0 aliphatic heterocycles. The van der Waals surface area contributed by atoms with Gasteiger partial charge in [0.2, 0.25) is 0 Å². The Morgan fingerprint density at radius 3 is 2.73 bits per heavy atom. The summed E-state index contributed by atoms with van der Waals surface area (Å²) in [5.74, 6) is 0. The molecule has 0 aliphatic rings. The van der Waals surface area contributed by atoms with Crippen LogP contribution in [-0.4, -0.2) is 14.5 Å². The van der Waals surface area contributed by atoms with Crippen molar-refractivity contribution in [3.8, 4) is 0 Å². The molecule has 7 heteroatoms. The van der Waals surface area contributed by atoms with E-state index >= 15 is 0 Å². The maximum Gasteiger partial charge on any atom is 0.270 e. The third-order valence-electron chi connectivity index (χ3n) is 3.32. The van der Waals surface area contributed by atoms with Crippen LogP contribution >= 0.6 is 11.6 Å². The van der Waals surface area contributed by atoms with Crippen LogP contribution in [0.25, 0.3) is 10.9 Å². The number of nitro groups is 1. The zero-order valence-electron chi connectivity index (χ0n) is 11.3. The topological polar surface area (TPSA) is 78.0 Å². The lowest BCUT2D eigenvalue weighted by molar-refractivity contribution is -0.384. The van der Waals surface area contributed by atoms with Crippen LogP contribution in [0.1, 0.15) is 5.56 Å². The summed E-state index contributed by atoms with van der Waals surface area (Å²) < 4.78 is 1.38. The van der Waals surface area contributed by atoms with Crippen LogP contribution in [0.4, 0.5) is 5.69 Å². The number of nitro benzene ring substituents is 1. The van der Waals surface area contributed by atoms with E-state index in [1.165, 1.54) is 29.1 Å². The zero-order chi connectivity index (χ0) is 15.7. The van der Waals surface area contributed by atoms with E-state index in [0.717, 1.165) is 5.56 Å². The molecule has 3 rings (SSSR count). The lowest BCUT2D eigenvalue weighted by Crippen LogP contribution is -2.21. The summed E-state index contributed by atoms with van der Waals surface area (Å²) in [6.45, 7) is 0.254. The average molecular weight is 316 g/mol. The largest absolute Gasteiger partial charge is 0.294 e. The Labute approximate surface area is 129 Å². The Morgan fingerprint density at radius 2 is 2.00 bits per heavy atom. The van der Waals surface area contributed by atoms with Crippen LogP contribution in [0.5, 0.6) is 0 Å². The molecule has 22 heavy (non-hydrogen) atoms. The molecule has 1 aromatic heterocycles. The van der Waals surface area contributed by atoms with Gasteiger partial charge < -0.3 is 0 Å². The van der Waals surface area contributed by atoms with Crippen molar-refractivity contribution in [2.24, 2.45) is 0 Å². The molecule has 0 saturated heterocycles. The number of fused-ring (bicyclic) bond motifs is 1. The van der Waals surface area contributed by atoms with Gasteiger partial charge in [-0.25, -0.2) is 4.98 Å². The van der Waals surface area contributed by atoms with Gasteiger partial charge in [-0.05, 0) is 17.7 Å². The fourth-order valence-corrected chi connectivity index (χ4v) is 2.38. The minimum absolute atomic E-state index is 0.137. The summed E-state index contributed by atoms with van der Waals surface area (Å²) in [5.41, 5.74) is 0.722. The molecule has 0 spiro atoms. The molecule has 0 amide bonds. The van der Waals surface area contributed by atoms with Crippen LogP contribution in [0, 0.1) is 10.1 Å². The zero-order valence-corrected chi connectivity index (χ0v) is 12.0. The summed E-state index contributed by atoms with van der Waals surface area (Å²) in [6.07, 6.45) is 1.42. The van der Waals surface area contributed by atoms with Crippen LogP contribution in [-0.2, 0) is 6.54 Å². The minimum atomic E-state index is -0.537. The van der Waals surface area contributed by atoms with Crippen molar-refractivity contribution in [3.05, 3.63) is 79.8 Å². The Kier molecular flexibility index (Phi) is 3.60. The standard InChI is InChI=1S/C15H10ClN3O3/c16-13-4-2-1-3-10(13)8-18-9-17-14-6-5-11(19(21)22)7-12(14)15(18)20/h1-7,9H,8H2. The summed E-state index contributed by atoms with van der Waals surface area (Å²) in [4.78, 5) is 26.9. The third kappa shape index (κ3) is 2.56. The minimum Gasteiger partial charge on any atom is -0.294 e. The maximum absolute atomic E-state index is 12.5. The van der Waals surface area contributed by atoms with Gasteiger partial charge in [0.1, 0.15) is 0 Å². The van der Waals surface area contributed by atoms with Gasteiger partial charge in [-0.3, -0.25) is 19.5 Å². The molecule has 2 aromatic carbocycles. The molecular formula is C15H10ClN3O3. The van der Waals surface area contributed by atoms with Gasteiger partial charge in [-0.15, -0.1) is 0 Å². The molecule has 0 saturated carbocycles. The van der Waals surface area contributed by atoms with Crippen molar-refractivity contribution in [2.45, 2.75) is 6.54 Å². The number of nitrogens with zero attached hydrogens (tertiary/aromatic N) is 3. The summed E-state index contributed by atoms with van der Waals surface area (Å²) in [5, 5.41) is 11.6. The highest BCUT2D eigenvalue weighted by Gasteiger charge is 2.11. The highest BCUT2D eigenvalue weighted by molar-refractivity contribution is 6.31. The monoisotopic (exact) mass is 315 g/mol. The van der Waals surface area contributed by atoms with E-state index in [0.29, 0.717) is 10.5 Å². The van der Waals surface area contributed by atoms with E-state index in [-0.39, 0.29) is 23.2 Å². The van der Waals surface area contributed by atoms with Crippen LogP contribution in [0.2, 0.25) is 5.02 Å². The second kappa shape index (κ2) is 5.57. The Balaban J connectivity index is 2.11. The van der Waals surface area contributed by atoms with E-state index in [2.05, 4.69) is 4.98 Å². The van der Waals surface area contributed by atoms with Crippen molar-refractivity contribution in [3.63, 3.8) is 0 Å². The third-order valence-corrected chi connectivity index (χ3v) is 3.69. The predicted octanol–water partition coefficient (Wildman–Crippen LogP) is 3.01. The molecule has 0 atom stereocenters. The van der Waals surface area contributed by atoms with Gasteiger partial charge in [0.15, 0.2) is 0 Å². The Morgan fingerprint density at radius 1 is 1.23 bits per heavy atom. The molecule has 1 heterocycles. The Bertz CT molecular complexity index is 937. The molecule has 110 valence electrons. The van der Waals surface area contributed by atoms with Crippen molar-refractivity contribution in [1.29, 1.82) is 0 Å². The first-order chi connectivity index (χ1) is 10.6. The average Bonchev–Trinajstić information content (AvgIpc) is 2.52. The number of rotatable bonds is 3. The van der Waals surface area contributed by atoms with Gasteiger partial charge in [-0.2, -0.15) is 0 Å². The van der Waals surface area contributed by atoms with Crippen molar-refractivity contribution >= 4 is 28.2 Å². The van der Waals surface area contributed by atoms with Gasteiger partial charge in [-0.1, -0.05) is 29.8 Å². The van der Waals surface area contributed by atoms with Gasteiger partial charge >= 0.3 is 0 Å². The SMILES string of the molecule is O=c1c2cc([N+](=O)[O-])ccc2ncn1Cc1ccccc1Cl. The molecule has 0 radical (unpaired) electrons. The first-order valence-corrected chi connectivity index (χ1v) is 6.81. The lowest BCUT2D eigenvalue weighted by atomic mass is 10.2. The van der Waals surface area contributed by atoms with Crippen molar-refractivity contribution in [1.82, 2.24) is 9.55 Å². The number of hydrogen-bond donors (Lipinski definition) is 0. The van der Waals surface area contributed by atoms with Crippen LogP contribution in [0.15, 0.2) is 53.6 Å². The number of aromatic nitrogens is 2. The van der Waals surface area contributed by atoms with Gasteiger partial charge in [0.25, 0.3) is 11.2 Å². The number of halogens is 1. The summed E-state index contributed by atoms with van der Waals surface area (Å²) >= 11 is 6.09. The quantitative estimate of drug-likeness (QED) is 0.550. The van der Waals surface area contributed by atoms with Crippen molar-refractivity contribution < 1.29 is 4.92 Å². The van der Waals surface area contributed by atoms with E-state index in [4.69, 9.17) is 11.6 Å². The highest BCUT2D eigenvalue weighted by atomic mass is 35.5. The highest BCUT2D eigenvalue weighted by Crippen LogP contribution is 2.18. The van der Waals surface area contributed by atoms with E-state index < -0.39 is 4.92 Å². The predicted molar refractivity (Wildman–Crippen MR) is 83.2 cm³/mol. The second-order valence-electron chi connectivity index (χ2n) is 4.73. The molecule has 0 aliphatic carbocycles. The normalized spacial score (nSPS) is 10.8. The van der Waals surface area contributed by atoms with Crippen molar-refractivity contribution in [2.75, 3.05) is 0 Å². The molecule has 0 unspecified atom stereocenters. The first-order valence-electron chi connectivity index (χ1n) is 6.43. The summed E-state index contributed by atoms with van der Waals surface area (Å²) in [6, 6.07) is 11.2. The number of hydrogen-bond acceptors (Lipinski definition) is 4.